The number of carbonyl (C=O) groups excluding carboxylic acids is 2. The molecule has 1 atom stereocenters. The summed E-state index contributed by atoms with van der Waals surface area (Å²) >= 11 is 1.30. The minimum absolute atomic E-state index is 0.275. The molecule has 6 heteroatoms. The molecule has 5 nitrogen and oxygen atoms in total. The zero-order valence-electron chi connectivity index (χ0n) is 12.7. The number of nitrogens with two attached hydrogens (primary N) is 1. The van der Waals surface area contributed by atoms with Crippen molar-refractivity contribution >= 4 is 28.2 Å². The predicted molar refractivity (Wildman–Crippen MR) is 92.5 cm³/mol. The van der Waals surface area contributed by atoms with Crippen LogP contribution in [0, 0.1) is 0 Å². The third-order valence-electron chi connectivity index (χ3n) is 3.13. The van der Waals surface area contributed by atoms with Gasteiger partial charge in [-0.15, -0.1) is 17.9 Å². The van der Waals surface area contributed by atoms with Crippen molar-refractivity contribution < 1.29 is 14.3 Å². The van der Waals surface area contributed by atoms with Gasteiger partial charge >= 0.3 is 0 Å². The van der Waals surface area contributed by atoms with Gasteiger partial charge in [-0.2, -0.15) is 0 Å². The van der Waals surface area contributed by atoms with Gasteiger partial charge in [-0.25, -0.2) is 0 Å². The number of amides is 2. The molecule has 0 aliphatic heterocycles. The minimum atomic E-state index is -0.656. The summed E-state index contributed by atoms with van der Waals surface area (Å²) in [7, 11) is 0. The Morgan fingerprint density at radius 3 is 2.70 bits per heavy atom. The first kappa shape index (κ1) is 16.9. The van der Waals surface area contributed by atoms with Crippen LogP contribution < -0.4 is 11.1 Å². The smallest absolute Gasteiger partial charge is 0.253 e. The van der Waals surface area contributed by atoms with Crippen LogP contribution in [0.3, 0.4) is 0 Å². The van der Waals surface area contributed by atoms with Gasteiger partial charge in [-0.1, -0.05) is 36.4 Å². The summed E-state index contributed by atoms with van der Waals surface area (Å²) in [5.74, 6) is -0.922. The van der Waals surface area contributed by atoms with E-state index in [1.807, 2.05) is 30.3 Å². The maximum Gasteiger partial charge on any atom is 0.253 e. The number of benzene rings is 1. The van der Waals surface area contributed by atoms with Crippen molar-refractivity contribution in [3.63, 3.8) is 0 Å². The highest BCUT2D eigenvalue weighted by Crippen LogP contribution is 2.35. The molecule has 23 heavy (non-hydrogen) atoms. The van der Waals surface area contributed by atoms with E-state index in [0.29, 0.717) is 5.00 Å². The molecule has 0 saturated heterocycles. The van der Waals surface area contributed by atoms with Crippen LogP contribution in [0.15, 0.2) is 49.1 Å². The Morgan fingerprint density at radius 2 is 2.09 bits per heavy atom. The maximum absolute atomic E-state index is 12.1. The first-order valence-corrected chi connectivity index (χ1v) is 7.87. The van der Waals surface area contributed by atoms with Gasteiger partial charge in [0.15, 0.2) is 0 Å². The van der Waals surface area contributed by atoms with Gasteiger partial charge in [0.2, 0.25) is 0 Å². The van der Waals surface area contributed by atoms with Gasteiger partial charge in [0.25, 0.3) is 11.8 Å². The summed E-state index contributed by atoms with van der Waals surface area (Å²) in [4.78, 5) is 24.6. The molecule has 0 aliphatic carbocycles. The van der Waals surface area contributed by atoms with Gasteiger partial charge in [-0.3, -0.25) is 9.59 Å². The highest BCUT2D eigenvalue weighted by molar-refractivity contribution is 7.20. The average molecular weight is 330 g/mol. The number of hydrogen-bond acceptors (Lipinski definition) is 4. The average Bonchev–Trinajstić information content (AvgIpc) is 2.97. The SMILES string of the molecule is C=CCO[C@H](C)C(=O)Nc1sc(-c2ccccc2)cc1C(N)=O. The lowest BCUT2D eigenvalue weighted by Gasteiger charge is -2.11. The Morgan fingerprint density at radius 1 is 1.39 bits per heavy atom. The number of nitrogens with one attached hydrogen (secondary N) is 1. The molecule has 120 valence electrons. The molecule has 2 amide bonds. The molecule has 0 radical (unpaired) electrons. The second-order valence-electron chi connectivity index (χ2n) is 4.84. The Labute approximate surface area is 138 Å². The lowest BCUT2D eigenvalue weighted by molar-refractivity contribution is -0.125. The van der Waals surface area contributed by atoms with Gasteiger partial charge in [0.05, 0.1) is 12.2 Å². The highest BCUT2D eigenvalue weighted by Gasteiger charge is 2.19. The Bertz CT molecular complexity index is 710. The van der Waals surface area contributed by atoms with Crippen LogP contribution in [0.4, 0.5) is 5.00 Å². The quantitative estimate of drug-likeness (QED) is 0.766. The summed E-state index contributed by atoms with van der Waals surface area (Å²) in [6.45, 7) is 5.44. The topological polar surface area (TPSA) is 81.4 Å². The van der Waals surface area contributed by atoms with Crippen LogP contribution in [-0.4, -0.2) is 24.5 Å². The van der Waals surface area contributed by atoms with Gasteiger partial charge in [-0.05, 0) is 18.6 Å². The van der Waals surface area contributed by atoms with E-state index >= 15 is 0 Å². The lowest BCUT2D eigenvalue weighted by atomic mass is 10.1. The van der Waals surface area contributed by atoms with Crippen molar-refractivity contribution in [3.05, 3.63) is 54.6 Å². The monoisotopic (exact) mass is 330 g/mol. The number of hydrogen-bond donors (Lipinski definition) is 2. The van der Waals surface area contributed by atoms with Crippen LogP contribution in [0.5, 0.6) is 0 Å². The molecule has 0 unspecified atom stereocenters. The molecule has 0 bridgehead atoms. The molecule has 0 spiro atoms. The van der Waals surface area contributed by atoms with Crippen LogP contribution >= 0.6 is 11.3 Å². The van der Waals surface area contributed by atoms with Gasteiger partial charge in [0, 0.05) is 4.88 Å². The fraction of sp³-hybridized carbons (Fsp3) is 0.176. The molecule has 2 rings (SSSR count). The first-order valence-electron chi connectivity index (χ1n) is 7.05. The number of carbonyl (C=O) groups is 2. The standard InChI is InChI=1S/C17H18N2O3S/c1-3-9-22-11(2)16(21)19-17-13(15(18)20)10-14(23-17)12-7-5-4-6-8-12/h3-8,10-11H,1,9H2,2H3,(H2,18,20)(H,19,21)/t11-/m1/s1. The van der Waals surface area contributed by atoms with Crippen molar-refractivity contribution in [2.24, 2.45) is 5.73 Å². The summed E-state index contributed by atoms with van der Waals surface area (Å²) in [5.41, 5.74) is 6.65. The van der Waals surface area contributed by atoms with E-state index in [4.69, 9.17) is 10.5 Å². The second-order valence-corrected chi connectivity index (χ2v) is 5.89. The first-order chi connectivity index (χ1) is 11.0. The van der Waals surface area contributed by atoms with Gasteiger partial charge < -0.3 is 15.8 Å². The van der Waals surface area contributed by atoms with Gasteiger partial charge in [0.1, 0.15) is 11.1 Å². The second kappa shape index (κ2) is 7.71. The molecule has 0 saturated carbocycles. The lowest BCUT2D eigenvalue weighted by Crippen LogP contribution is -2.28. The molecule has 1 aromatic carbocycles. The maximum atomic E-state index is 12.1. The van der Waals surface area contributed by atoms with Crippen molar-refractivity contribution in [3.8, 4) is 10.4 Å². The fourth-order valence-corrected chi connectivity index (χ4v) is 2.98. The van der Waals surface area contributed by atoms with Crippen molar-refractivity contribution in [1.82, 2.24) is 0 Å². The van der Waals surface area contributed by atoms with E-state index in [0.717, 1.165) is 10.4 Å². The Balaban J connectivity index is 2.24. The largest absolute Gasteiger partial charge is 0.366 e. The van der Waals surface area contributed by atoms with Crippen LogP contribution in [0.25, 0.3) is 10.4 Å². The van der Waals surface area contributed by atoms with E-state index in [1.54, 1.807) is 19.1 Å². The molecule has 1 aromatic heterocycles. The number of anilines is 1. The Kier molecular flexibility index (Phi) is 5.67. The van der Waals surface area contributed by atoms with Crippen molar-refractivity contribution in [2.75, 3.05) is 11.9 Å². The normalized spacial score (nSPS) is 11.7. The molecular weight excluding hydrogens is 312 g/mol. The zero-order valence-corrected chi connectivity index (χ0v) is 13.6. The van der Waals surface area contributed by atoms with E-state index in [1.165, 1.54) is 11.3 Å². The highest BCUT2D eigenvalue weighted by atomic mass is 32.1. The zero-order chi connectivity index (χ0) is 16.8. The number of rotatable bonds is 7. The van der Waals surface area contributed by atoms with E-state index < -0.39 is 12.0 Å². The van der Waals surface area contributed by atoms with Crippen molar-refractivity contribution in [2.45, 2.75) is 13.0 Å². The molecule has 3 N–H and O–H groups in total. The van der Waals surface area contributed by atoms with E-state index in [2.05, 4.69) is 11.9 Å². The third-order valence-corrected chi connectivity index (χ3v) is 4.23. The fourth-order valence-electron chi connectivity index (χ4n) is 1.91. The summed E-state index contributed by atoms with van der Waals surface area (Å²) in [6.07, 6.45) is 0.910. The van der Waals surface area contributed by atoms with Crippen LogP contribution in [0.1, 0.15) is 17.3 Å². The summed E-state index contributed by atoms with van der Waals surface area (Å²) in [5, 5.41) is 3.14. The summed E-state index contributed by atoms with van der Waals surface area (Å²) in [6, 6.07) is 11.3. The minimum Gasteiger partial charge on any atom is -0.366 e. The number of ether oxygens (including phenoxy) is 1. The van der Waals surface area contributed by atoms with Crippen LogP contribution in [-0.2, 0) is 9.53 Å². The number of thiophene rings is 1. The van der Waals surface area contributed by atoms with E-state index in [9.17, 15) is 9.59 Å². The Hall–Kier alpha value is -2.44. The molecule has 0 aliphatic rings. The molecule has 0 fully saturated rings. The summed E-state index contributed by atoms with van der Waals surface area (Å²) < 4.78 is 5.28. The predicted octanol–water partition coefficient (Wildman–Crippen LogP) is 3.04. The number of primary amides is 1. The van der Waals surface area contributed by atoms with E-state index in [-0.39, 0.29) is 18.1 Å². The van der Waals surface area contributed by atoms with Crippen LogP contribution in [0.2, 0.25) is 0 Å². The van der Waals surface area contributed by atoms with Crippen molar-refractivity contribution in [1.29, 1.82) is 0 Å². The molecule has 2 aromatic rings. The third kappa shape index (κ3) is 4.28. The molecular formula is C17H18N2O3S. The molecule has 1 heterocycles.